The van der Waals surface area contributed by atoms with Crippen LogP contribution in [0, 0.1) is 11.7 Å². The van der Waals surface area contributed by atoms with Crippen molar-refractivity contribution < 1.29 is 28.2 Å². The second kappa shape index (κ2) is 8.92. The fourth-order valence-corrected chi connectivity index (χ4v) is 4.87. The molecule has 0 saturated heterocycles. The van der Waals surface area contributed by atoms with Crippen LogP contribution in [0.1, 0.15) is 44.5 Å². The van der Waals surface area contributed by atoms with Crippen LogP contribution in [0.15, 0.2) is 18.2 Å². The van der Waals surface area contributed by atoms with Crippen LogP contribution < -0.4 is 5.32 Å². The average molecular weight is 440 g/mol. The van der Waals surface area contributed by atoms with Gasteiger partial charge in [0.25, 0.3) is 5.91 Å². The molecule has 1 aromatic carbocycles. The lowest BCUT2D eigenvalue weighted by atomic mass is 9.88. The predicted octanol–water partition coefficient (Wildman–Crippen LogP) is 4.25. The lowest BCUT2D eigenvalue weighted by molar-refractivity contribution is -0.119. The van der Waals surface area contributed by atoms with E-state index in [1.165, 1.54) is 30.6 Å². The van der Waals surface area contributed by atoms with Crippen LogP contribution in [0.4, 0.5) is 9.39 Å². The molecule has 29 heavy (non-hydrogen) atoms. The van der Waals surface area contributed by atoms with Crippen molar-refractivity contribution in [3.63, 3.8) is 0 Å². The molecule has 1 unspecified atom stereocenters. The normalized spacial score (nSPS) is 15.4. The molecule has 0 spiro atoms. The SMILES string of the molecule is COC(=O)c1c(NC(=O)COC(=O)c2c(F)cccc2Cl)sc2c1CCC(C)C2. The molecule has 0 fully saturated rings. The van der Waals surface area contributed by atoms with Crippen LogP contribution in [0.25, 0.3) is 0 Å². The van der Waals surface area contributed by atoms with Crippen molar-refractivity contribution in [2.45, 2.75) is 26.2 Å². The van der Waals surface area contributed by atoms with Crippen molar-refractivity contribution in [2.75, 3.05) is 19.0 Å². The van der Waals surface area contributed by atoms with E-state index in [4.69, 9.17) is 21.1 Å². The molecular weight excluding hydrogens is 421 g/mol. The maximum absolute atomic E-state index is 13.8. The Bertz CT molecular complexity index is 954. The summed E-state index contributed by atoms with van der Waals surface area (Å²) in [5.41, 5.74) is 0.805. The zero-order valence-electron chi connectivity index (χ0n) is 15.8. The van der Waals surface area contributed by atoms with Crippen LogP contribution in [0.3, 0.4) is 0 Å². The Balaban J connectivity index is 1.72. The number of hydrogen-bond acceptors (Lipinski definition) is 6. The molecule has 6 nitrogen and oxygen atoms in total. The quantitative estimate of drug-likeness (QED) is 0.704. The molecule has 1 heterocycles. The second-order valence-electron chi connectivity index (χ2n) is 6.77. The Morgan fingerprint density at radius 3 is 2.72 bits per heavy atom. The van der Waals surface area contributed by atoms with Crippen LogP contribution in [0.2, 0.25) is 5.02 Å². The number of ether oxygens (including phenoxy) is 2. The van der Waals surface area contributed by atoms with E-state index in [0.717, 1.165) is 35.8 Å². The van der Waals surface area contributed by atoms with E-state index in [0.29, 0.717) is 16.5 Å². The number of methoxy groups -OCH3 is 1. The Morgan fingerprint density at radius 1 is 1.28 bits per heavy atom. The average Bonchev–Trinajstić information content (AvgIpc) is 3.02. The highest BCUT2D eigenvalue weighted by molar-refractivity contribution is 7.17. The van der Waals surface area contributed by atoms with Gasteiger partial charge in [-0.25, -0.2) is 14.0 Å². The first-order valence-corrected chi connectivity index (χ1v) is 10.1. The number of carbonyl (C=O) groups excluding carboxylic acids is 3. The number of thiophene rings is 1. The van der Waals surface area contributed by atoms with Gasteiger partial charge in [0.1, 0.15) is 16.4 Å². The van der Waals surface area contributed by atoms with Crippen molar-refractivity contribution in [1.29, 1.82) is 0 Å². The van der Waals surface area contributed by atoms with Gasteiger partial charge in [-0.1, -0.05) is 24.6 Å². The first-order valence-electron chi connectivity index (χ1n) is 8.95. The van der Waals surface area contributed by atoms with Gasteiger partial charge < -0.3 is 14.8 Å². The summed E-state index contributed by atoms with van der Waals surface area (Å²) in [6.45, 7) is 1.48. The fourth-order valence-electron chi connectivity index (χ4n) is 3.22. The van der Waals surface area contributed by atoms with Crippen molar-refractivity contribution in [3.8, 4) is 0 Å². The van der Waals surface area contributed by atoms with Gasteiger partial charge in [-0.15, -0.1) is 11.3 Å². The van der Waals surface area contributed by atoms with Gasteiger partial charge in [-0.3, -0.25) is 4.79 Å². The Kier molecular flexibility index (Phi) is 6.54. The van der Waals surface area contributed by atoms with E-state index >= 15 is 0 Å². The first kappa shape index (κ1) is 21.3. The molecule has 0 radical (unpaired) electrons. The van der Waals surface area contributed by atoms with Crippen molar-refractivity contribution in [3.05, 3.63) is 50.6 Å². The standard InChI is InChI=1S/C20H19ClFNO5S/c1-10-6-7-11-14(8-10)29-18(16(11)19(25)27-2)23-15(24)9-28-20(26)17-12(21)4-3-5-13(17)22/h3-5,10H,6-9H2,1-2H3,(H,23,24). The number of fused-ring (bicyclic) bond motifs is 1. The van der Waals surface area contributed by atoms with Crippen LogP contribution >= 0.6 is 22.9 Å². The van der Waals surface area contributed by atoms with E-state index in [9.17, 15) is 18.8 Å². The van der Waals surface area contributed by atoms with Crippen LogP contribution in [0.5, 0.6) is 0 Å². The largest absolute Gasteiger partial charge is 0.465 e. The third kappa shape index (κ3) is 4.59. The maximum Gasteiger partial charge on any atom is 0.343 e. The van der Waals surface area contributed by atoms with E-state index in [1.54, 1.807) is 0 Å². The fraction of sp³-hybridized carbons (Fsp3) is 0.350. The third-order valence-corrected chi connectivity index (χ3v) is 6.14. The number of esters is 2. The Hall–Kier alpha value is -2.45. The molecule has 0 saturated carbocycles. The van der Waals surface area contributed by atoms with Gasteiger partial charge in [0.15, 0.2) is 6.61 Å². The molecule has 3 rings (SSSR count). The van der Waals surface area contributed by atoms with Crippen LogP contribution in [-0.4, -0.2) is 31.6 Å². The van der Waals surface area contributed by atoms with Crippen molar-refractivity contribution >= 4 is 45.8 Å². The molecule has 1 atom stereocenters. The van der Waals surface area contributed by atoms with Gasteiger partial charge in [0.05, 0.1) is 17.7 Å². The molecule has 1 aliphatic rings. The molecular formula is C20H19ClFNO5S. The van der Waals surface area contributed by atoms with E-state index < -0.39 is 35.8 Å². The Labute approximate surface area is 176 Å². The van der Waals surface area contributed by atoms with Gasteiger partial charge >= 0.3 is 11.9 Å². The van der Waals surface area contributed by atoms with Gasteiger partial charge in [0.2, 0.25) is 0 Å². The highest BCUT2D eigenvalue weighted by Gasteiger charge is 2.29. The van der Waals surface area contributed by atoms with E-state index in [-0.39, 0.29) is 5.02 Å². The van der Waals surface area contributed by atoms with Gasteiger partial charge in [0, 0.05) is 4.88 Å². The van der Waals surface area contributed by atoms with Crippen molar-refractivity contribution in [2.24, 2.45) is 5.92 Å². The Morgan fingerprint density at radius 2 is 2.03 bits per heavy atom. The van der Waals surface area contributed by atoms with E-state index in [1.807, 2.05) is 0 Å². The molecule has 0 aliphatic heterocycles. The molecule has 1 aromatic heterocycles. The summed E-state index contributed by atoms with van der Waals surface area (Å²) < 4.78 is 23.5. The summed E-state index contributed by atoms with van der Waals surface area (Å²) in [6.07, 6.45) is 2.50. The summed E-state index contributed by atoms with van der Waals surface area (Å²) in [6, 6.07) is 3.78. The summed E-state index contributed by atoms with van der Waals surface area (Å²) >= 11 is 7.14. The first-order chi connectivity index (χ1) is 13.8. The molecule has 1 aliphatic carbocycles. The molecule has 2 aromatic rings. The predicted molar refractivity (Wildman–Crippen MR) is 107 cm³/mol. The molecule has 0 bridgehead atoms. The highest BCUT2D eigenvalue weighted by atomic mass is 35.5. The number of rotatable bonds is 5. The topological polar surface area (TPSA) is 81.7 Å². The molecule has 9 heteroatoms. The van der Waals surface area contributed by atoms with Gasteiger partial charge in [-0.2, -0.15) is 0 Å². The second-order valence-corrected chi connectivity index (χ2v) is 8.28. The number of amides is 1. The lowest BCUT2D eigenvalue weighted by Crippen LogP contribution is -2.22. The molecule has 1 N–H and O–H groups in total. The summed E-state index contributed by atoms with van der Waals surface area (Å²) in [4.78, 5) is 37.6. The highest BCUT2D eigenvalue weighted by Crippen LogP contribution is 2.40. The smallest absolute Gasteiger partial charge is 0.343 e. The third-order valence-electron chi connectivity index (χ3n) is 4.66. The van der Waals surface area contributed by atoms with Gasteiger partial charge in [-0.05, 0) is 42.9 Å². The number of halogens is 2. The summed E-state index contributed by atoms with van der Waals surface area (Å²) in [7, 11) is 1.28. The molecule has 1 amide bonds. The number of carbonyl (C=O) groups is 3. The minimum atomic E-state index is -1.05. The minimum Gasteiger partial charge on any atom is -0.465 e. The maximum atomic E-state index is 13.8. The number of nitrogens with one attached hydrogen (secondary N) is 1. The number of hydrogen-bond donors (Lipinski definition) is 1. The minimum absolute atomic E-state index is 0.108. The zero-order chi connectivity index (χ0) is 21.1. The summed E-state index contributed by atoms with van der Waals surface area (Å²) in [5.74, 6) is -2.57. The lowest BCUT2D eigenvalue weighted by Gasteiger charge is -2.18. The summed E-state index contributed by atoms with van der Waals surface area (Å²) in [5, 5.41) is 2.86. The monoisotopic (exact) mass is 439 g/mol. The van der Waals surface area contributed by atoms with E-state index in [2.05, 4.69) is 12.2 Å². The number of benzene rings is 1. The van der Waals surface area contributed by atoms with Crippen molar-refractivity contribution in [1.82, 2.24) is 0 Å². The zero-order valence-corrected chi connectivity index (χ0v) is 17.4. The van der Waals surface area contributed by atoms with Crippen LogP contribution in [-0.2, 0) is 27.1 Å². The molecule has 154 valence electrons. The number of anilines is 1.